The van der Waals surface area contributed by atoms with Crippen LogP contribution in [0.3, 0.4) is 0 Å². The number of anilines is 3. The molecule has 0 saturated carbocycles. The summed E-state index contributed by atoms with van der Waals surface area (Å²) < 4.78 is 0. The summed E-state index contributed by atoms with van der Waals surface area (Å²) in [5.74, 6) is -0.217. The minimum Gasteiger partial charge on any atom is -0.376 e. The Morgan fingerprint density at radius 3 is 2.13 bits per heavy atom. The van der Waals surface area contributed by atoms with Gasteiger partial charge in [0.1, 0.15) is 0 Å². The molecule has 3 N–H and O–H groups in total. The first-order valence-corrected chi connectivity index (χ1v) is 10.1. The molecule has 0 radical (unpaired) electrons. The number of benzene rings is 3. The van der Waals surface area contributed by atoms with Crippen LogP contribution in [0.5, 0.6) is 0 Å². The van der Waals surface area contributed by atoms with Crippen molar-refractivity contribution in [3.8, 4) is 0 Å². The minimum absolute atomic E-state index is 0.0447. The first-order valence-electron chi connectivity index (χ1n) is 9.73. The molecule has 0 atom stereocenters. The van der Waals surface area contributed by atoms with Crippen LogP contribution in [0, 0.1) is 6.92 Å². The molecule has 3 aromatic rings. The maximum absolute atomic E-state index is 12.2. The Balaban J connectivity index is 1.45. The average Bonchev–Trinajstić information content (AvgIpc) is 2.75. The van der Waals surface area contributed by atoms with Crippen LogP contribution in [0.25, 0.3) is 0 Å². The first kappa shape index (κ1) is 21.4. The Kier molecular flexibility index (Phi) is 7.46. The number of carbonyl (C=O) groups is 2. The molecular weight excluding hydrogens is 398 g/mol. The van der Waals surface area contributed by atoms with E-state index in [2.05, 4.69) is 16.0 Å². The summed E-state index contributed by atoms with van der Waals surface area (Å²) in [6.07, 6.45) is 1.11. The highest BCUT2D eigenvalue weighted by molar-refractivity contribution is 6.30. The van der Waals surface area contributed by atoms with Crippen LogP contribution in [-0.4, -0.2) is 18.4 Å². The minimum atomic E-state index is -0.172. The lowest BCUT2D eigenvalue weighted by atomic mass is 10.1. The van der Waals surface area contributed by atoms with E-state index >= 15 is 0 Å². The monoisotopic (exact) mass is 421 g/mol. The Hall–Kier alpha value is -3.31. The van der Waals surface area contributed by atoms with Crippen molar-refractivity contribution in [2.24, 2.45) is 0 Å². The Morgan fingerprint density at radius 1 is 0.833 bits per heavy atom. The zero-order valence-corrected chi connectivity index (χ0v) is 17.5. The van der Waals surface area contributed by atoms with Crippen LogP contribution in [0.2, 0.25) is 5.02 Å². The third-order valence-electron chi connectivity index (χ3n) is 4.57. The molecule has 3 aromatic carbocycles. The molecule has 0 saturated heterocycles. The molecule has 0 aliphatic heterocycles. The number of rotatable bonds is 8. The summed E-state index contributed by atoms with van der Waals surface area (Å²) in [4.78, 5) is 24.3. The normalized spacial score (nSPS) is 10.3. The fourth-order valence-electron chi connectivity index (χ4n) is 2.93. The smallest absolute Gasteiger partial charge is 0.243 e. The fraction of sp³-hybridized carbons (Fsp3) is 0.167. The van der Waals surface area contributed by atoms with Gasteiger partial charge in [-0.25, -0.2) is 0 Å². The van der Waals surface area contributed by atoms with Gasteiger partial charge in [-0.2, -0.15) is 0 Å². The zero-order valence-electron chi connectivity index (χ0n) is 16.7. The summed E-state index contributed by atoms with van der Waals surface area (Å²) in [6.45, 7) is 2.07. The Labute approximate surface area is 181 Å². The van der Waals surface area contributed by atoms with E-state index in [1.54, 1.807) is 30.3 Å². The van der Waals surface area contributed by atoms with Gasteiger partial charge < -0.3 is 16.0 Å². The quantitative estimate of drug-likeness (QED) is 0.464. The number of nitrogens with one attached hydrogen (secondary N) is 3. The second-order valence-electron chi connectivity index (χ2n) is 6.97. The molecule has 5 nitrogen and oxygen atoms in total. The van der Waals surface area contributed by atoms with Crippen LogP contribution >= 0.6 is 11.6 Å². The molecule has 0 aliphatic rings. The van der Waals surface area contributed by atoms with E-state index in [1.807, 2.05) is 49.4 Å². The van der Waals surface area contributed by atoms with Crippen LogP contribution in [-0.2, 0) is 16.0 Å². The van der Waals surface area contributed by atoms with E-state index < -0.39 is 0 Å². The lowest BCUT2D eigenvalue weighted by Gasteiger charge is -2.11. The molecule has 0 bridgehead atoms. The number of hydrogen-bond donors (Lipinski definition) is 3. The molecular formula is C24H24ClN3O2. The molecule has 154 valence electrons. The maximum atomic E-state index is 12.2. The second-order valence-corrected chi connectivity index (χ2v) is 7.41. The number of amides is 2. The predicted octanol–water partition coefficient (Wildman–Crippen LogP) is 5.27. The number of hydrogen-bond acceptors (Lipinski definition) is 3. The molecule has 6 heteroatoms. The van der Waals surface area contributed by atoms with Crippen molar-refractivity contribution in [3.63, 3.8) is 0 Å². The largest absolute Gasteiger partial charge is 0.376 e. The maximum Gasteiger partial charge on any atom is 0.243 e. The van der Waals surface area contributed by atoms with E-state index in [4.69, 9.17) is 11.6 Å². The molecule has 0 heterocycles. The van der Waals surface area contributed by atoms with Gasteiger partial charge in [0, 0.05) is 28.5 Å². The van der Waals surface area contributed by atoms with Crippen molar-refractivity contribution >= 4 is 40.5 Å². The Morgan fingerprint density at radius 2 is 1.47 bits per heavy atom. The zero-order chi connectivity index (χ0) is 21.3. The molecule has 0 fully saturated rings. The molecule has 0 aromatic heterocycles. The first-order chi connectivity index (χ1) is 14.5. The molecule has 0 aliphatic carbocycles. The van der Waals surface area contributed by atoms with Crippen molar-refractivity contribution in [3.05, 3.63) is 88.9 Å². The van der Waals surface area contributed by atoms with E-state index in [-0.39, 0.29) is 18.4 Å². The summed E-state index contributed by atoms with van der Waals surface area (Å²) in [5, 5.41) is 9.40. The van der Waals surface area contributed by atoms with E-state index in [0.29, 0.717) is 29.2 Å². The molecule has 3 rings (SSSR count). The standard InChI is InChI=1S/C24H24ClN3O2/c1-17-7-9-19(25)15-22(17)26-16-24(30)28-21-12-10-20(11-13-21)27-23(29)14-8-18-5-3-2-4-6-18/h2-7,9-13,15,26H,8,14,16H2,1H3,(H,27,29)(H,28,30). The molecule has 0 spiro atoms. The third kappa shape index (κ3) is 6.64. The van der Waals surface area contributed by atoms with Gasteiger partial charge in [0.05, 0.1) is 6.54 Å². The van der Waals surface area contributed by atoms with Gasteiger partial charge >= 0.3 is 0 Å². The fourth-order valence-corrected chi connectivity index (χ4v) is 3.10. The van der Waals surface area contributed by atoms with E-state index in [9.17, 15) is 9.59 Å². The van der Waals surface area contributed by atoms with Gasteiger partial charge in [-0.3, -0.25) is 9.59 Å². The van der Waals surface area contributed by atoms with Crippen molar-refractivity contribution < 1.29 is 9.59 Å². The van der Waals surface area contributed by atoms with Gasteiger partial charge in [0.2, 0.25) is 11.8 Å². The predicted molar refractivity (Wildman–Crippen MR) is 123 cm³/mol. The summed E-state index contributed by atoms with van der Waals surface area (Å²) in [5.41, 5.74) is 4.32. The van der Waals surface area contributed by atoms with Crippen LogP contribution in [0.4, 0.5) is 17.1 Å². The van der Waals surface area contributed by atoms with Crippen LogP contribution in [0.15, 0.2) is 72.8 Å². The highest BCUT2D eigenvalue weighted by atomic mass is 35.5. The van der Waals surface area contributed by atoms with Crippen molar-refractivity contribution in [1.82, 2.24) is 0 Å². The average molecular weight is 422 g/mol. The van der Waals surface area contributed by atoms with Gasteiger partial charge in [-0.05, 0) is 60.9 Å². The Bertz CT molecular complexity index is 1000. The van der Waals surface area contributed by atoms with Crippen molar-refractivity contribution in [1.29, 1.82) is 0 Å². The van der Waals surface area contributed by atoms with Crippen molar-refractivity contribution in [2.75, 3.05) is 22.5 Å². The lowest BCUT2D eigenvalue weighted by molar-refractivity contribution is -0.116. The highest BCUT2D eigenvalue weighted by Crippen LogP contribution is 2.20. The van der Waals surface area contributed by atoms with Gasteiger partial charge in [-0.15, -0.1) is 0 Å². The SMILES string of the molecule is Cc1ccc(Cl)cc1NCC(=O)Nc1ccc(NC(=O)CCc2ccccc2)cc1. The second kappa shape index (κ2) is 10.5. The van der Waals surface area contributed by atoms with E-state index in [1.165, 1.54) is 0 Å². The van der Waals surface area contributed by atoms with Crippen LogP contribution in [0.1, 0.15) is 17.5 Å². The van der Waals surface area contributed by atoms with Gasteiger partial charge in [0.15, 0.2) is 0 Å². The number of carbonyl (C=O) groups excluding carboxylic acids is 2. The van der Waals surface area contributed by atoms with Gasteiger partial charge in [0.25, 0.3) is 0 Å². The topological polar surface area (TPSA) is 70.2 Å². The number of aryl methyl sites for hydroxylation is 2. The van der Waals surface area contributed by atoms with Crippen molar-refractivity contribution in [2.45, 2.75) is 19.8 Å². The summed E-state index contributed by atoms with van der Waals surface area (Å²) >= 11 is 5.99. The lowest BCUT2D eigenvalue weighted by Crippen LogP contribution is -2.22. The van der Waals surface area contributed by atoms with Gasteiger partial charge in [-0.1, -0.05) is 48.0 Å². The molecule has 2 amide bonds. The highest BCUT2D eigenvalue weighted by Gasteiger charge is 2.06. The summed E-state index contributed by atoms with van der Waals surface area (Å²) in [6, 6.07) is 22.5. The van der Waals surface area contributed by atoms with Crippen LogP contribution < -0.4 is 16.0 Å². The molecule has 30 heavy (non-hydrogen) atoms. The molecule has 0 unspecified atom stereocenters. The summed E-state index contributed by atoms with van der Waals surface area (Å²) in [7, 11) is 0. The third-order valence-corrected chi connectivity index (χ3v) is 4.81. The van der Waals surface area contributed by atoms with E-state index in [0.717, 1.165) is 16.8 Å². The number of halogens is 1.